The van der Waals surface area contributed by atoms with Crippen molar-refractivity contribution >= 4 is 33.0 Å². The van der Waals surface area contributed by atoms with Crippen LogP contribution in [0.4, 0.5) is 5.69 Å². The number of hydrogen-bond acceptors (Lipinski definition) is 3. The Morgan fingerprint density at radius 1 is 1.47 bits per heavy atom. The van der Waals surface area contributed by atoms with Crippen LogP contribution in [0.5, 0.6) is 0 Å². The minimum atomic E-state index is -0.140. The first-order valence-corrected chi connectivity index (χ1v) is 6.47. The zero-order chi connectivity index (χ0) is 12.4. The van der Waals surface area contributed by atoms with E-state index in [9.17, 15) is 4.79 Å². The lowest BCUT2D eigenvalue weighted by molar-refractivity contribution is -0.121. The van der Waals surface area contributed by atoms with Gasteiger partial charge in [0.15, 0.2) is 0 Å². The van der Waals surface area contributed by atoms with E-state index in [0.717, 1.165) is 11.1 Å². The summed E-state index contributed by atoms with van der Waals surface area (Å²) < 4.78 is 1.20. The van der Waals surface area contributed by atoms with Crippen molar-refractivity contribution in [3.8, 4) is 0 Å². The highest BCUT2D eigenvalue weighted by molar-refractivity contribution is 7.17. The lowest BCUT2D eigenvalue weighted by Crippen LogP contribution is -2.34. The van der Waals surface area contributed by atoms with Gasteiger partial charge in [-0.2, -0.15) is 0 Å². The van der Waals surface area contributed by atoms with Gasteiger partial charge in [0.05, 0.1) is 5.69 Å². The second kappa shape index (κ2) is 4.85. The number of carbonyl (C=O) groups is 1. The van der Waals surface area contributed by atoms with Gasteiger partial charge in [0.25, 0.3) is 0 Å². The molecule has 1 heterocycles. The third-order valence-corrected chi connectivity index (χ3v) is 3.88. The van der Waals surface area contributed by atoms with Gasteiger partial charge in [-0.15, -0.1) is 11.3 Å². The first-order chi connectivity index (χ1) is 8.15. The van der Waals surface area contributed by atoms with Gasteiger partial charge in [-0.25, -0.2) is 0 Å². The molecule has 1 aromatic carbocycles. The molecule has 3 nitrogen and oxygen atoms in total. The number of fused-ring (bicyclic) bond motifs is 1. The van der Waals surface area contributed by atoms with Crippen molar-refractivity contribution in [1.82, 2.24) is 0 Å². The number of hydrogen-bond donors (Lipinski definition) is 1. The lowest BCUT2D eigenvalue weighted by Gasteiger charge is -2.20. The van der Waals surface area contributed by atoms with Crippen LogP contribution in [0.15, 0.2) is 29.6 Å². The Morgan fingerprint density at radius 3 is 2.88 bits per heavy atom. The molecule has 1 amide bonds. The Kier molecular flexibility index (Phi) is 3.45. The van der Waals surface area contributed by atoms with E-state index >= 15 is 0 Å². The summed E-state index contributed by atoms with van der Waals surface area (Å²) in [7, 11) is 1.81. The molecule has 0 spiro atoms. The third-order valence-electron chi connectivity index (χ3n) is 2.93. The van der Waals surface area contributed by atoms with Gasteiger partial charge >= 0.3 is 0 Å². The van der Waals surface area contributed by atoms with E-state index in [1.54, 1.807) is 16.2 Å². The maximum atomic E-state index is 12.1. The van der Waals surface area contributed by atoms with Gasteiger partial charge in [-0.05, 0) is 6.07 Å². The first-order valence-electron chi connectivity index (χ1n) is 5.59. The first kappa shape index (κ1) is 12.1. The molecule has 2 rings (SSSR count). The van der Waals surface area contributed by atoms with Crippen LogP contribution in [-0.4, -0.2) is 19.5 Å². The smallest absolute Gasteiger partial charge is 0.230 e. The third kappa shape index (κ3) is 2.18. The summed E-state index contributed by atoms with van der Waals surface area (Å²) in [6, 6.07) is 8.10. The maximum absolute atomic E-state index is 12.1. The van der Waals surface area contributed by atoms with E-state index in [-0.39, 0.29) is 11.8 Å². The van der Waals surface area contributed by atoms with E-state index in [0.29, 0.717) is 6.54 Å². The monoisotopic (exact) mass is 248 g/mol. The van der Waals surface area contributed by atoms with Crippen molar-refractivity contribution in [3.05, 3.63) is 29.6 Å². The molecule has 1 atom stereocenters. The molecule has 2 aromatic rings. The molecule has 0 fully saturated rings. The molecule has 17 heavy (non-hydrogen) atoms. The number of rotatable bonds is 3. The van der Waals surface area contributed by atoms with Crippen molar-refractivity contribution in [1.29, 1.82) is 0 Å². The Bertz CT molecular complexity index is 535. The highest BCUT2D eigenvalue weighted by Gasteiger charge is 2.19. The summed E-state index contributed by atoms with van der Waals surface area (Å²) in [4.78, 5) is 13.8. The van der Waals surface area contributed by atoms with Crippen molar-refractivity contribution in [2.75, 3.05) is 18.5 Å². The molecule has 0 aliphatic rings. The van der Waals surface area contributed by atoms with Crippen molar-refractivity contribution in [2.24, 2.45) is 11.7 Å². The molecular formula is C13H16N2OS. The second-order valence-corrected chi connectivity index (χ2v) is 5.06. The van der Waals surface area contributed by atoms with Crippen LogP contribution in [0.2, 0.25) is 0 Å². The molecule has 1 aromatic heterocycles. The van der Waals surface area contributed by atoms with Crippen molar-refractivity contribution < 1.29 is 4.79 Å². The summed E-state index contributed by atoms with van der Waals surface area (Å²) in [5, 5.41) is 3.14. The van der Waals surface area contributed by atoms with E-state index < -0.39 is 0 Å². The van der Waals surface area contributed by atoms with Crippen molar-refractivity contribution in [3.63, 3.8) is 0 Å². The van der Waals surface area contributed by atoms with Crippen LogP contribution >= 0.6 is 11.3 Å². The quantitative estimate of drug-likeness (QED) is 0.907. The fraction of sp³-hybridized carbons (Fsp3) is 0.308. The van der Waals surface area contributed by atoms with Gasteiger partial charge < -0.3 is 10.6 Å². The Hall–Kier alpha value is -1.39. The van der Waals surface area contributed by atoms with Gasteiger partial charge in [0, 0.05) is 35.0 Å². The van der Waals surface area contributed by atoms with E-state index in [1.807, 2.05) is 37.6 Å². The van der Waals surface area contributed by atoms with Gasteiger partial charge in [0.1, 0.15) is 0 Å². The van der Waals surface area contributed by atoms with Crippen molar-refractivity contribution in [2.45, 2.75) is 6.92 Å². The number of nitrogens with two attached hydrogens (primary N) is 1. The van der Waals surface area contributed by atoms with Crippen LogP contribution in [-0.2, 0) is 4.79 Å². The normalized spacial score (nSPS) is 12.6. The lowest BCUT2D eigenvalue weighted by atomic mass is 10.1. The highest BCUT2D eigenvalue weighted by atomic mass is 32.1. The van der Waals surface area contributed by atoms with Crippen LogP contribution in [0.1, 0.15) is 6.92 Å². The summed E-state index contributed by atoms with van der Waals surface area (Å²) in [5.41, 5.74) is 6.50. The average molecular weight is 248 g/mol. The number of anilines is 1. The van der Waals surface area contributed by atoms with E-state index in [1.165, 1.54) is 4.70 Å². The van der Waals surface area contributed by atoms with Gasteiger partial charge in [-0.3, -0.25) is 4.79 Å². The molecule has 0 bridgehead atoms. The number of nitrogens with zero attached hydrogens (tertiary/aromatic N) is 1. The summed E-state index contributed by atoms with van der Waals surface area (Å²) in [5.74, 6) is -0.0743. The molecule has 1 unspecified atom stereocenters. The topological polar surface area (TPSA) is 46.3 Å². The molecule has 0 radical (unpaired) electrons. The van der Waals surface area contributed by atoms with E-state index in [2.05, 4.69) is 6.07 Å². The zero-order valence-corrected chi connectivity index (χ0v) is 10.8. The predicted molar refractivity (Wildman–Crippen MR) is 73.5 cm³/mol. The number of thiophene rings is 1. The number of amides is 1. The minimum Gasteiger partial charge on any atom is -0.330 e. The maximum Gasteiger partial charge on any atom is 0.230 e. The molecule has 0 aliphatic heterocycles. The molecule has 0 saturated heterocycles. The zero-order valence-electron chi connectivity index (χ0n) is 10.0. The number of benzene rings is 1. The standard InChI is InChI=1S/C13H16N2OS/c1-9(7-14)13(16)15(2)11-8-17-12-6-4-3-5-10(11)12/h3-6,8-9H,7,14H2,1-2H3. The molecule has 0 saturated carbocycles. The van der Waals surface area contributed by atoms with Gasteiger partial charge in [0.2, 0.25) is 5.91 Å². The number of carbonyl (C=O) groups excluding carboxylic acids is 1. The SMILES string of the molecule is CC(CN)C(=O)N(C)c1csc2ccccc12. The second-order valence-electron chi connectivity index (χ2n) is 4.15. The van der Waals surface area contributed by atoms with E-state index in [4.69, 9.17) is 5.73 Å². The highest BCUT2D eigenvalue weighted by Crippen LogP contribution is 2.32. The summed E-state index contributed by atoms with van der Waals surface area (Å²) in [6.45, 7) is 2.23. The molecule has 0 aliphatic carbocycles. The average Bonchev–Trinajstić information content (AvgIpc) is 2.79. The Balaban J connectivity index is 2.37. The minimum absolute atomic E-state index is 0.0658. The molecule has 2 N–H and O–H groups in total. The predicted octanol–water partition coefficient (Wildman–Crippen LogP) is 2.46. The van der Waals surface area contributed by atoms with Crippen LogP contribution < -0.4 is 10.6 Å². The fourth-order valence-electron chi connectivity index (χ4n) is 1.77. The van der Waals surface area contributed by atoms with Crippen LogP contribution in [0.3, 0.4) is 0 Å². The van der Waals surface area contributed by atoms with Gasteiger partial charge in [-0.1, -0.05) is 25.1 Å². The molecule has 90 valence electrons. The molecular weight excluding hydrogens is 232 g/mol. The van der Waals surface area contributed by atoms with Crippen LogP contribution in [0.25, 0.3) is 10.1 Å². The fourth-order valence-corrected chi connectivity index (χ4v) is 2.75. The van der Waals surface area contributed by atoms with Crippen LogP contribution in [0, 0.1) is 5.92 Å². The largest absolute Gasteiger partial charge is 0.330 e. The Morgan fingerprint density at radius 2 is 2.18 bits per heavy atom. The summed E-state index contributed by atoms with van der Waals surface area (Å²) in [6.07, 6.45) is 0. The Labute approximate surface area is 105 Å². The summed E-state index contributed by atoms with van der Waals surface area (Å²) >= 11 is 1.65. The molecule has 4 heteroatoms.